The van der Waals surface area contributed by atoms with Crippen LogP contribution in [-0.4, -0.2) is 14.7 Å². The first-order valence-corrected chi connectivity index (χ1v) is 5.41. The number of imidazole rings is 1. The van der Waals surface area contributed by atoms with Gasteiger partial charge in [-0.2, -0.15) is 5.26 Å². The van der Waals surface area contributed by atoms with Crippen LogP contribution in [-0.2, 0) is 13.2 Å². The number of halogens is 1. The Morgan fingerprint density at radius 3 is 2.88 bits per heavy atom. The Hall–Kier alpha value is -1.83. The lowest BCUT2D eigenvalue weighted by Crippen LogP contribution is -1.97. The molecule has 0 atom stereocenters. The molecule has 0 fully saturated rings. The van der Waals surface area contributed by atoms with Gasteiger partial charge in [0.2, 0.25) is 0 Å². The number of rotatable bonds is 3. The normalized spacial score (nSPS) is 10.2. The van der Waals surface area contributed by atoms with Crippen LogP contribution in [0.5, 0.6) is 0 Å². The quantitative estimate of drug-likeness (QED) is 0.902. The van der Waals surface area contributed by atoms with Crippen molar-refractivity contribution in [3.63, 3.8) is 0 Å². The Balaban J connectivity index is 2.21. The van der Waals surface area contributed by atoms with Gasteiger partial charge in [-0.3, -0.25) is 0 Å². The molecular formula is C12H10ClN3O. The molecule has 86 valence electrons. The molecule has 0 aliphatic heterocycles. The summed E-state index contributed by atoms with van der Waals surface area (Å²) in [6, 6.07) is 7.22. The fourth-order valence-corrected chi connectivity index (χ4v) is 1.76. The van der Waals surface area contributed by atoms with E-state index in [4.69, 9.17) is 22.0 Å². The van der Waals surface area contributed by atoms with Gasteiger partial charge in [0, 0.05) is 17.8 Å². The number of aromatic nitrogens is 2. The summed E-state index contributed by atoms with van der Waals surface area (Å²) < 4.78 is 1.83. The molecule has 2 rings (SSSR count). The van der Waals surface area contributed by atoms with E-state index in [1.54, 1.807) is 24.7 Å². The molecule has 1 aromatic carbocycles. The molecule has 0 aliphatic rings. The Morgan fingerprint density at radius 2 is 2.29 bits per heavy atom. The molecule has 0 unspecified atom stereocenters. The summed E-state index contributed by atoms with van der Waals surface area (Å²) in [5.41, 5.74) is 2.07. The van der Waals surface area contributed by atoms with E-state index >= 15 is 0 Å². The van der Waals surface area contributed by atoms with Gasteiger partial charge < -0.3 is 9.67 Å². The van der Waals surface area contributed by atoms with E-state index in [9.17, 15) is 0 Å². The third-order valence-electron chi connectivity index (χ3n) is 2.38. The van der Waals surface area contributed by atoms with Crippen molar-refractivity contribution in [2.24, 2.45) is 0 Å². The highest BCUT2D eigenvalue weighted by molar-refractivity contribution is 6.31. The zero-order valence-corrected chi connectivity index (χ0v) is 9.72. The van der Waals surface area contributed by atoms with Gasteiger partial charge in [0.15, 0.2) is 0 Å². The smallest absolute Gasteiger partial charge is 0.0992 e. The second-order valence-electron chi connectivity index (χ2n) is 3.61. The summed E-state index contributed by atoms with van der Waals surface area (Å²) >= 11 is 6.06. The molecule has 1 heterocycles. The molecular weight excluding hydrogens is 238 g/mol. The molecule has 0 saturated heterocycles. The molecule has 0 amide bonds. The second kappa shape index (κ2) is 5.00. The van der Waals surface area contributed by atoms with E-state index in [2.05, 4.69) is 4.98 Å². The summed E-state index contributed by atoms with van der Waals surface area (Å²) in [5, 5.41) is 18.2. The topological polar surface area (TPSA) is 61.8 Å². The highest BCUT2D eigenvalue weighted by Gasteiger charge is 2.04. The molecule has 0 radical (unpaired) electrons. The van der Waals surface area contributed by atoms with E-state index in [1.165, 1.54) is 0 Å². The number of aliphatic hydroxyl groups excluding tert-OH is 1. The van der Waals surface area contributed by atoms with Crippen LogP contribution in [0, 0.1) is 11.3 Å². The monoisotopic (exact) mass is 247 g/mol. The predicted octanol–water partition coefficient (Wildman–Crippen LogP) is 1.95. The first kappa shape index (κ1) is 11.6. The Morgan fingerprint density at radius 1 is 1.47 bits per heavy atom. The fraction of sp³-hybridized carbons (Fsp3) is 0.167. The van der Waals surface area contributed by atoms with Crippen molar-refractivity contribution in [2.45, 2.75) is 13.2 Å². The van der Waals surface area contributed by atoms with Gasteiger partial charge in [0.1, 0.15) is 0 Å². The van der Waals surface area contributed by atoms with Crippen molar-refractivity contribution in [3.8, 4) is 6.07 Å². The maximum atomic E-state index is 8.90. The lowest BCUT2D eigenvalue weighted by Gasteiger charge is -2.05. The summed E-state index contributed by atoms with van der Waals surface area (Å²) in [5.74, 6) is 0. The largest absolute Gasteiger partial charge is 0.390 e. The van der Waals surface area contributed by atoms with Crippen LogP contribution >= 0.6 is 11.6 Å². The molecule has 5 heteroatoms. The molecule has 2 aromatic rings. The van der Waals surface area contributed by atoms with Gasteiger partial charge in [0.25, 0.3) is 0 Å². The molecule has 0 spiro atoms. The van der Waals surface area contributed by atoms with Crippen molar-refractivity contribution in [2.75, 3.05) is 0 Å². The van der Waals surface area contributed by atoms with Gasteiger partial charge in [-0.1, -0.05) is 17.7 Å². The SMILES string of the molecule is N#Cc1ccc(Cn2cnc(CO)c2)c(Cl)c1. The van der Waals surface area contributed by atoms with Crippen molar-refractivity contribution in [3.05, 3.63) is 52.6 Å². The standard InChI is InChI=1S/C12H10ClN3O/c13-12-3-9(4-14)1-2-10(12)5-16-6-11(7-17)15-8-16/h1-3,6,8,17H,5,7H2. The number of benzene rings is 1. The zero-order chi connectivity index (χ0) is 12.3. The third kappa shape index (κ3) is 2.64. The summed E-state index contributed by atoms with van der Waals surface area (Å²) in [6.45, 7) is 0.492. The molecule has 1 N–H and O–H groups in total. The Labute approximate surface area is 104 Å². The zero-order valence-electron chi connectivity index (χ0n) is 8.97. The summed E-state index contributed by atoms with van der Waals surface area (Å²) in [7, 11) is 0. The average molecular weight is 248 g/mol. The van der Waals surface area contributed by atoms with Crippen LogP contribution < -0.4 is 0 Å². The minimum Gasteiger partial charge on any atom is -0.390 e. The van der Waals surface area contributed by atoms with Gasteiger partial charge in [-0.25, -0.2) is 4.98 Å². The second-order valence-corrected chi connectivity index (χ2v) is 4.02. The van der Waals surface area contributed by atoms with Crippen LogP contribution in [0.1, 0.15) is 16.8 Å². The molecule has 0 bridgehead atoms. The minimum absolute atomic E-state index is 0.0753. The fourth-order valence-electron chi connectivity index (χ4n) is 1.52. The Kier molecular flexibility index (Phi) is 3.43. The maximum absolute atomic E-state index is 8.90. The number of hydrogen-bond acceptors (Lipinski definition) is 3. The first-order valence-electron chi connectivity index (χ1n) is 5.03. The number of nitrogens with zero attached hydrogens (tertiary/aromatic N) is 3. The first-order chi connectivity index (χ1) is 8.22. The average Bonchev–Trinajstić information content (AvgIpc) is 2.79. The molecule has 0 aliphatic carbocycles. The highest BCUT2D eigenvalue weighted by atomic mass is 35.5. The lowest BCUT2D eigenvalue weighted by atomic mass is 10.1. The number of nitriles is 1. The van der Waals surface area contributed by atoms with E-state index in [-0.39, 0.29) is 6.61 Å². The molecule has 0 saturated carbocycles. The van der Waals surface area contributed by atoms with Gasteiger partial charge in [-0.05, 0) is 17.7 Å². The van der Waals surface area contributed by atoms with E-state index in [0.29, 0.717) is 22.8 Å². The van der Waals surface area contributed by atoms with Crippen LogP contribution in [0.3, 0.4) is 0 Å². The third-order valence-corrected chi connectivity index (χ3v) is 2.74. The molecule has 1 aromatic heterocycles. The van der Waals surface area contributed by atoms with Crippen LogP contribution in [0.25, 0.3) is 0 Å². The lowest BCUT2D eigenvalue weighted by molar-refractivity contribution is 0.277. The van der Waals surface area contributed by atoms with Crippen LogP contribution in [0.15, 0.2) is 30.7 Å². The predicted molar refractivity (Wildman–Crippen MR) is 63.4 cm³/mol. The van der Waals surface area contributed by atoms with Crippen molar-refractivity contribution in [1.29, 1.82) is 5.26 Å². The summed E-state index contributed by atoms with van der Waals surface area (Å²) in [4.78, 5) is 4.01. The number of hydrogen-bond donors (Lipinski definition) is 1. The van der Waals surface area contributed by atoms with Crippen molar-refractivity contribution in [1.82, 2.24) is 9.55 Å². The van der Waals surface area contributed by atoms with Crippen molar-refractivity contribution >= 4 is 11.6 Å². The van der Waals surface area contributed by atoms with Crippen LogP contribution in [0.2, 0.25) is 5.02 Å². The minimum atomic E-state index is -0.0753. The summed E-state index contributed by atoms with van der Waals surface area (Å²) in [6.07, 6.45) is 3.40. The van der Waals surface area contributed by atoms with E-state index in [0.717, 1.165) is 5.56 Å². The van der Waals surface area contributed by atoms with E-state index in [1.807, 2.05) is 16.7 Å². The molecule has 17 heavy (non-hydrogen) atoms. The van der Waals surface area contributed by atoms with Gasteiger partial charge >= 0.3 is 0 Å². The molecule has 4 nitrogen and oxygen atoms in total. The highest BCUT2D eigenvalue weighted by Crippen LogP contribution is 2.18. The van der Waals surface area contributed by atoms with Gasteiger partial charge in [-0.15, -0.1) is 0 Å². The van der Waals surface area contributed by atoms with Gasteiger partial charge in [0.05, 0.1) is 30.3 Å². The van der Waals surface area contributed by atoms with Crippen molar-refractivity contribution < 1.29 is 5.11 Å². The Bertz CT molecular complexity index is 571. The van der Waals surface area contributed by atoms with Crippen LogP contribution in [0.4, 0.5) is 0 Å². The van der Waals surface area contributed by atoms with E-state index < -0.39 is 0 Å². The number of aliphatic hydroxyl groups is 1. The maximum Gasteiger partial charge on any atom is 0.0992 e.